The molecule has 0 radical (unpaired) electrons. The Morgan fingerprint density at radius 1 is 0.743 bits per heavy atom. The van der Waals surface area contributed by atoms with Gasteiger partial charge < -0.3 is 19.9 Å². The highest BCUT2D eigenvalue weighted by Crippen LogP contribution is 2.21. The number of hydrogen-bond donors (Lipinski definition) is 2. The molecule has 2 atom stereocenters. The molecule has 0 aliphatic rings. The predicted molar refractivity (Wildman–Crippen MR) is 129 cm³/mol. The molecule has 0 aromatic heterocycles. The Kier molecular flexibility index (Phi) is 8.46. The molecule has 0 unspecified atom stereocenters. The van der Waals surface area contributed by atoms with Crippen molar-refractivity contribution in [2.75, 3.05) is 5.32 Å². The molecular formula is C25H19Cl2NO7. The summed E-state index contributed by atoms with van der Waals surface area (Å²) in [6.45, 7) is 1.84. The van der Waals surface area contributed by atoms with Crippen LogP contribution in [0.5, 0.6) is 0 Å². The lowest BCUT2D eigenvalue weighted by Crippen LogP contribution is -2.48. The van der Waals surface area contributed by atoms with Crippen molar-refractivity contribution in [3.8, 4) is 0 Å². The van der Waals surface area contributed by atoms with E-state index < -0.39 is 36.0 Å². The van der Waals surface area contributed by atoms with Crippen LogP contribution in [0, 0.1) is 6.92 Å². The average molecular weight is 516 g/mol. The lowest BCUT2D eigenvalue weighted by atomic mass is 10.1. The van der Waals surface area contributed by atoms with Crippen molar-refractivity contribution in [1.82, 2.24) is 0 Å². The Bertz CT molecular complexity index is 1260. The molecule has 0 spiro atoms. The maximum Gasteiger partial charge on any atom is 0.349 e. The van der Waals surface area contributed by atoms with Crippen LogP contribution in [0.25, 0.3) is 0 Å². The van der Waals surface area contributed by atoms with Crippen molar-refractivity contribution in [2.45, 2.75) is 19.1 Å². The topological polar surface area (TPSA) is 119 Å². The number of benzene rings is 3. The largest absolute Gasteiger partial charge is 0.478 e. The second kappa shape index (κ2) is 11.5. The second-order valence-corrected chi connectivity index (χ2v) is 8.12. The second-order valence-electron chi connectivity index (χ2n) is 7.31. The number of carboxylic acids is 1. The molecule has 0 saturated carbocycles. The zero-order valence-electron chi connectivity index (χ0n) is 18.2. The van der Waals surface area contributed by atoms with Crippen LogP contribution >= 0.6 is 23.2 Å². The normalized spacial score (nSPS) is 12.2. The van der Waals surface area contributed by atoms with Gasteiger partial charge in [0.25, 0.3) is 5.91 Å². The van der Waals surface area contributed by atoms with Gasteiger partial charge in [0, 0.05) is 5.69 Å². The first-order valence-electron chi connectivity index (χ1n) is 10.2. The lowest BCUT2D eigenvalue weighted by molar-refractivity contribution is -0.157. The number of hydrogen-bond acceptors (Lipinski definition) is 6. The van der Waals surface area contributed by atoms with Gasteiger partial charge in [0.2, 0.25) is 12.2 Å². The summed E-state index contributed by atoms with van der Waals surface area (Å²) in [6.07, 6.45) is -4.26. The molecule has 10 heteroatoms. The highest BCUT2D eigenvalue weighted by molar-refractivity contribution is 6.34. The molecule has 3 rings (SSSR count). The van der Waals surface area contributed by atoms with Gasteiger partial charge in [-0.3, -0.25) is 4.79 Å². The monoisotopic (exact) mass is 515 g/mol. The third-order valence-electron chi connectivity index (χ3n) is 4.75. The highest BCUT2D eigenvalue weighted by atomic mass is 35.5. The molecule has 0 heterocycles. The number of ether oxygens (including phenoxy) is 2. The number of amides is 1. The molecule has 0 aliphatic carbocycles. The predicted octanol–water partition coefficient (Wildman–Crippen LogP) is 4.78. The van der Waals surface area contributed by atoms with Gasteiger partial charge in [0.1, 0.15) is 0 Å². The van der Waals surface area contributed by atoms with Gasteiger partial charge in [-0.05, 0) is 43.3 Å². The van der Waals surface area contributed by atoms with Crippen molar-refractivity contribution in [2.24, 2.45) is 0 Å². The summed E-state index contributed by atoms with van der Waals surface area (Å²) >= 11 is 12.0. The summed E-state index contributed by atoms with van der Waals surface area (Å²) in [7, 11) is 0. The number of carboxylic acid groups (broad SMARTS) is 1. The van der Waals surface area contributed by atoms with Gasteiger partial charge in [-0.2, -0.15) is 0 Å². The third kappa shape index (κ3) is 6.59. The molecule has 2 N–H and O–H groups in total. The van der Waals surface area contributed by atoms with Crippen LogP contribution < -0.4 is 5.32 Å². The van der Waals surface area contributed by atoms with Crippen molar-refractivity contribution in [3.63, 3.8) is 0 Å². The Morgan fingerprint density at radius 3 is 1.66 bits per heavy atom. The van der Waals surface area contributed by atoms with Gasteiger partial charge >= 0.3 is 17.9 Å². The minimum Gasteiger partial charge on any atom is -0.478 e. The van der Waals surface area contributed by atoms with Gasteiger partial charge in [0.05, 0.1) is 21.2 Å². The van der Waals surface area contributed by atoms with E-state index in [1.54, 1.807) is 36.4 Å². The first-order chi connectivity index (χ1) is 16.7. The van der Waals surface area contributed by atoms with E-state index in [9.17, 15) is 24.3 Å². The van der Waals surface area contributed by atoms with Crippen LogP contribution in [0.3, 0.4) is 0 Å². The fourth-order valence-corrected chi connectivity index (χ4v) is 3.38. The number of halogens is 2. The van der Waals surface area contributed by atoms with E-state index in [1.807, 2.05) is 6.92 Å². The Labute approximate surface area is 210 Å². The van der Waals surface area contributed by atoms with Crippen molar-refractivity contribution in [3.05, 3.63) is 99.5 Å². The maximum atomic E-state index is 13.1. The Morgan fingerprint density at radius 2 is 1.20 bits per heavy atom. The summed E-state index contributed by atoms with van der Waals surface area (Å²) in [5, 5.41) is 12.3. The number of anilines is 1. The van der Waals surface area contributed by atoms with Crippen LogP contribution in [0.1, 0.15) is 26.3 Å². The van der Waals surface area contributed by atoms with Gasteiger partial charge in [-0.25, -0.2) is 14.4 Å². The molecule has 180 valence electrons. The van der Waals surface area contributed by atoms with Crippen LogP contribution in [-0.4, -0.2) is 41.1 Å². The summed E-state index contributed by atoms with van der Waals surface area (Å²) in [5.41, 5.74) is 0.988. The highest BCUT2D eigenvalue weighted by Gasteiger charge is 2.41. The molecule has 0 aliphatic heterocycles. The average Bonchev–Trinajstić information content (AvgIpc) is 2.82. The maximum absolute atomic E-state index is 13.1. The SMILES string of the molecule is Cc1ccc(NC(=O)[C@@H](OC(=O)c2ccccc2Cl)[C@H](OC(=O)c2ccccc2Cl)C(=O)O)cc1. The number of aryl methyl sites for hydroxylation is 1. The van der Waals surface area contributed by atoms with Crippen molar-refractivity contribution >= 4 is 52.7 Å². The van der Waals surface area contributed by atoms with Gasteiger partial charge in [-0.1, -0.05) is 65.2 Å². The number of carbonyl (C=O) groups is 4. The number of nitrogens with one attached hydrogen (secondary N) is 1. The Hall–Kier alpha value is -3.88. The minimum absolute atomic E-state index is 0.00959. The van der Waals surface area contributed by atoms with Crippen LogP contribution in [-0.2, 0) is 19.1 Å². The number of aliphatic carboxylic acids is 1. The molecule has 0 bridgehead atoms. The zero-order chi connectivity index (χ0) is 25.5. The van der Waals surface area contributed by atoms with Crippen molar-refractivity contribution < 1.29 is 33.8 Å². The fourth-order valence-electron chi connectivity index (χ4n) is 2.96. The Balaban J connectivity index is 1.93. The van der Waals surface area contributed by atoms with E-state index in [0.29, 0.717) is 5.69 Å². The van der Waals surface area contributed by atoms with E-state index in [-0.39, 0.29) is 21.2 Å². The lowest BCUT2D eigenvalue weighted by Gasteiger charge is -2.24. The number of rotatable bonds is 8. The fraction of sp³-hybridized carbons (Fsp3) is 0.120. The van der Waals surface area contributed by atoms with E-state index in [1.165, 1.54) is 36.4 Å². The minimum atomic E-state index is -2.20. The first-order valence-corrected chi connectivity index (χ1v) is 10.9. The summed E-state index contributed by atoms with van der Waals surface area (Å²) in [6, 6.07) is 18.2. The molecule has 0 saturated heterocycles. The van der Waals surface area contributed by atoms with Crippen LogP contribution in [0.4, 0.5) is 5.69 Å². The number of carbonyl (C=O) groups excluding carboxylic acids is 3. The standard InChI is InChI=1S/C25H19Cl2NO7/c1-14-10-12-15(13-11-14)28-22(29)20(34-24(32)16-6-2-4-8-18(16)26)21(23(30)31)35-25(33)17-7-3-5-9-19(17)27/h2-13,20-21H,1H3,(H,28,29)(H,30,31)/t20-,21-/m0/s1. The molecule has 0 fully saturated rings. The third-order valence-corrected chi connectivity index (χ3v) is 5.41. The molecular weight excluding hydrogens is 497 g/mol. The molecule has 3 aromatic carbocycles. The van der Waals surface area contributed by atoms with Crippen LogP contribution in [0.2, 0.25) is 10.0 Å². The summed E-state index contributed by atoms with van der Waals surface area (Å²) in [5.74, 6) is -4.96. The van der Waals surface area contributed by atoms with Gasteiger partial charge in [0.15, 0.2) is 0 Å². The van der Waals surface area contributed by atoms with E-state index >= 15 is 0 Å². The smallest absolute Gasteiger partial charge is 0.349 e. The zero-order valence-corrected chi connectivity index (χ0v) is 19.7. The van der Waals surface area contributed by atoms with E-state index in [4.69, 9.17) is 32.7 Å². The van der Waals surface area contributed by atoms with E-state index in [2.05, 4.69) is 5.32 Å². The molecule has 3 aromatic rings. The molecule has 35 heavy (non-hydrogen) atoms. The van der Waals surface area contributed by atoms with E-state index in [0.717, 1.165) is 5.56 Å². The van der Waals surface area contributed by atoms with Crippen LogP contribution in [0.15, 0.2) is 72.8 Å². The summed E-state index contributed by atoms with van der Waals surface area (Å²) < 4.78 is 10.3. The molecule has 1 amide bonds. The quantitative estimate of drug-likeness (QED) is 0.414. The number of esters is 2. The van der Waals surface area contributed by atoms with Gasteiger partial charge in [-0.15, -0.1) is 0 Å². The van der Waals surface area contributed by atoms with Crippen molar-refractivity contribution in [1.29, 1.82) is 0 Å². The first kappa shape index (κ1) is 25.7. The summed E-state index contributed by atoms with van der Waals surface area (Å²) in [4.78, 5) is 50.6. The molecule has 8 nitrogen and oxygen atoms in total.